The molecule has 8 heteroatoms. The normalized spacial score (nSPS) is 22.0. The van der Waals surface area contributed by atoms with Gasteiger partial charge in [-0.3, -0.25) is 4.79 Å². The second-order valence-electron chi connectivity index (χ2n) is 6.11. The molecule has 3 rings (SSSR count). The lowest BCUT2D eigenvalue weighted by molar-refractivity contribution is -0.310. The van der Waals surface area contributed by atoms with Gasteiger partial charge in [0.15, 0.2) is 0 Å². The molecule has 130 valence electrons. The number of carbonyl (C=O) groups excluding carboxylic acids is 2. The third kappa shape index (κ3) is 3.03. The molecular formula is C16H19N2O5S-. The molecule has 2 aliphatic heterocycles. The molecule has 7 nitrogen and oxygen atoms in total. The number of carbonyl (C=O) groups is 2. The van der Waals surface area contributed by atoms with Crippen molar-refractivity contribution >= 4 is 21.9 Å². The molecule has 1 aromatic rings. The SMILES string of the molecule is O=C([O-])[C@@H]1CCCN1C(=O)c1ccc(S(=O)(=O)N2CCCC2)cc1. The van der Waals surface area contributed by atoms with Gasteiger partial charge < -0.3 is 14.8 Å². The Kier molecular flexibility index (Phi) is 4.60. The number of carboxylic acids is 1. The topological polar surface area (TPSA) is 97.8 Å². The van der Waals surface area contributed by atoms with Crippen LogP contribution in [0, 0.1) is 0 Å². The molecule has 0 radical (unpaired) electrons. The van der Waals surface area contributed by atoms with E-state index in [0.717, 1.165) is 12.8 Å². The van der Waals surface area contributed by atoms with E-state index in [4.69, 9.17) is 0 Å². The number of carboxylic acid groups (broad SMARTS) is 1. The number of likely N-dealkylation sites (tertiary alicyclic amines) is 1. The minimum absolute atomic E-state index is 0.152. The van der Waals surface area contributed by atoms with E-state index < -0.39 is 27.9 Å². The van der Waals surface area contributed by atoms with Crippen LogP contribution in [0.3, 0.4) is 0 Å². The first kappa shape index (κ1) is 16.9. The number of amides is 1. The lowest BCUT2D eigenvalue weighted by atomic mass is 10.1. The van der Waals surface area contributed by atoms with Crippen LogP contribution in [0.15, 0.2) is 29.2 Å². The summed E-state index contributed by atoms with van der Waals surface area (Å²) in [7, 11) is -3.52. The maximum atomic E-state index is 12.5. The molecule has 0 spiro atoms. The van der Waals surface area contributed by atoms with E-state index >= 15 is 0 Å². The van der Waals surface area contributed by atoms with Crippen LogP contribution < -0.4 is 5.11 Å². The fourth-order valence-corrected chi connectivity index (χ4v) is 4.78. The van der Waals surface area contributed by atoms with Gasteiger partial charge in [-0.1, -0.05) is 0 Å². The van der Waals surface area contributed by atoms with Crippen LogP contribution in [0.5, 0.6) is 0 Å². The molecule has 1 aromatic carbocycles. The highest BCUT2D eigenvalue weighted by molar-refractivity contribution is 7.89. The van der Waals surface area contributed by atoms with E-state index in [9.17, 15) is 23.1 Å². The van der Waals surface area contributed by atoms with Gasteiger partial charge in [-0.2, -0.15) is 4.31 Å². The van der Waals surface area contributed by atoms with Crippen molar-refractivity contribution in [2.24, 2.45) is 0 Å². The summed E-state index contributed by atoms with van der Waals surface area (Å²) in [5, 5.41) is 11.1. The van der Waals surface area contributed by atoms with Gasteiger partial charge in [-0.15, -0.1) is 0 Å². The molecule has 2 saturated heterocycles. The van der Waals surface area contributed by atoms with E-state index in [-0.39, 0.29) is 10.5 Å². The van der Waals surface area contributed by atoms with E-state index in [1.165, 1.54) is 33.5 Å². The zero-order chi connectivity index (χ0) is 17.3. The van der Waals surface area contributed by atoms with Crippen LogP contribution in [0.25, 0.3) is 0 Å². The fourth-order valence-electron chi connectivity index (χ4n) is 3.27. The Hall–Kier alpha value is -1.93. The van der Waals surface area contributed by atoms with Crippen molar-refractivity contribution in [3.8, 4) is 0 Å². The van der Waals surface area contributed by atoms with Crippen molar-refractivity contribution in [3.05, 3.63) is 29.8 Å². The fraction of sp³-hybridized carbons (Fsp3) is 0.500. The van der Waals surface area contributed by atoms with Crippen LogP contribution >= 0.6 is 0 Å². The summed E-state index contributed by atoms with van der Waals surface area (Å²) in [6.07, 6.45) is 2.71. The molecule has 0 unspecified atom stereocenters. The summed E-state index contributed by atoms with van der Waals surface area (Å²) < 4.78 is 26.4. The molecule has 2 heterocycles. The Morgan fingerprint density at radius 1 is 1.00 bits per heavy atom. The molecular weight excluding hydrogens is 332 g/mol. The lowest BCUT2D eigenvalue weighted by Crippen LogP contribution is -2.47. The first-order valence-corrected chi connectivity index (χ1v) is 9.47. The average Bonchev–Trinajstić information content (AvgIpc) is 3.25. The first-order chi connectivity index (χ1) is 11.4. The summed E-state index contributed by atoms with van der Waals surface area (Å²) in [6, 6.07) is 4.78. The lowest BCUT2D eigenvalue weighted by Gasteiger charge is -2.25. The maximum absolute atomic E-state index is 12.5. The number of hydrogen-bond donors (Lipinski definition) is 0. The molecule has 24 heavy (non-hydrogen) atoms. The second kappa shape index (κ2) is 6.52. The van der Waals surface area contributed by atoms with E-state index in [2.05, 4.69) is 0 Å². The monoisotopic (exact) mass is 351 g/mol. The molecule has 1 atom stereocenters. The van der Waals surface area contributed by atoms with Gasteiger partial charge in [0.1, 0.15) is 0 Å². The Morgan fingerprint density at radius 3 is 2.21 bits per heavy atom. The highest BCUT2D eigenvalue weighted by Crippen LogP contribution is 2.23. The maximum Gasteiger partial charge on any atom is 0.254 e. The van der Waals surface area contributed by atoms with Gasteiger partial charge in [-0.05, 0) is 49.9 Å². The number of benzene rings is 1. The highest BCUT2D eigenvalue weighted by atomic mass is 32.2. The molecule has 0 bridgehead atoms. The molecule has 1 amide bonds. The van der Waals surface area contributed by atoms with Crippen molar-refractivity contribution < 1.29 is 23.1 Å². The quantitative estimate of drug-likeness (QED) is 0.750. The van der Waals surface area contributed by atoms with Crippen LogP contribution in [0.4, 0.5) is 0 Å². The Labute approximate surface area is 140 Å². The molecule has 0 N–H and O–H groups in total. The highest BCUT2D eigenvalue weighted by Gasteiger charge is 2.31. The predicted molar refractivity (Wildman–Crippen MR) is 83.5 cm³/mol. The Morgan fingerprint density at radius 2 is 1.62 bits per heavy atom. The summed E-state index contributed by atoms with van der Waals surface area (Å²) in [5.41, 5.74) is 0.281. The molecule has 2 fully saturated rings. The van der Waals surface area contributed by atoms with Crippen LogP contribution in [-0.4, -0.2) is 55.2 Å². The van der Waals surface area contributed by atoms with E-state index in [1.54, 1.807) is 0 Å². The summed E-state index contributed by atoms with van der Waals surface area (Å²) in [5.74, 6) is -1.67. The summed E-state index contributed by atoms with van der Waals surface area (Å²) in [4.78, 5) is 25.0. The van der Waals surface area contributed by atoms with Crippen molar-refractivity contribution in [1.82, 2.24) is 9.21 Å². The molecule has 0 saturated carbocycles. The van der Waals surface area contributed by atoms with Crippen molar-refractivity contribution in [1.29, 1.82) is 0 Å². The van der Waals surface area contributed by atoms with Gasteiger partial charge in [0.2, 0.25) is 10.0 Å². The molecule has 2 aliphatic rings. The zero-order valence-corrected chi connectivity index (χ0v) is 14.0. The average molecular weight is 351 g/mol. The van der Waals surface area contributed by atoms with Gasteiger partial charge in [0.25, 0.3) is 5.91 Å². The zero-order valence-electron chi connectivity index (χ0n) is 13.2. The Balaban J connectivity index is 1.79. The number of nitrogens with zero attached hydrogens (tertiary/aromatic N) is 2. The van der Waals surface area contributed by atoms with Gasteiger partial charge in [0, 0.05) is 25.2 Å². The van der Waals surface area contributed by atoms with Crippen LogP contribution in [0.2, 0.25) is 0 Å². The summed E-state index contributed by atoms with van der Waals surface area (Å²) >= 11 is 0. The van der Waals surface area contributed by atoms with Crippen molar-refractivity contribution in [2.45, 2.75) is 36.6 Å². The predicted octanol–water partition coefficient (Wildman–Crippen LogP) is -0.174. The molecule has 0 aromatic heterocycles. The summed E-state index contributed by atoms with van der Waals surface area (Å²) in [6.45, 7) is 1.40. The van der Waals surface area contributed by atoms with E-state index in [0.29, 0.717) is 32.5 Å². The van der Waals surface area contributed by atoms with E-state index in [1.807, 2.05) is 0 Å². The Bertz CT molecular complexity index is 738. The third-order valence-electron chi connectivity index (χ3n) is 4.59. The standard InChI is InChI=1S/C16H20N2O5S/c19-15(18-11-3-4-14(18)16(20)21)12-5-7-13(8-6-12)24(22,23)17-9-1-2-10-17/h5-8,14H,1-4,9-11H2,(H,20,21)/p-1/t14-/m0/s1. The number of aliphatic carboxylic acids is 1. The minimum atomic E-state index is -3.52. The third-order valence-corrected chi connectivity index (χ3v) is 6.50. The van der Waals surface area contributed by atoms with Gasteiger partial charge in [-0.25, -0.2) is 8.42 Å². The van der Waals surface area contributed by atoms with Crippen LogP contribution in [0.1, 0.15) is 36.0 Å². The van der Waals surface area contributed by atoms with Crippen molar-refractivity contribution in [3.63, 3.8) is 0 Å². The smallest absolute Gasteiger partial charge is 0.254 e. The first-order valence-electron chi connectivity index (χ1n) is 8.03. The largest absolute Gasteiger partial charge is 0.548 e. The molecule has 0 aliphatic carbocycles. The number of sulfonamides is 1. The number of hydrogen-bond acceptors (Lipinski definition) is 5. The van der Waals surface area contributed by atoms with Crippen molar-refractivity contribution in [2.75, 3.05) is 19.6 Å². The minimum Gasteiger partial charge on any atom is -0.548 e. The van der Waals surface area contributed by atoms with Gasteiger partial charge in [0.05, 0.1) is 16.9 Å². The van der Waals surface area contributed by atoms with Gasteiger partial charge >= 0.3 is 0 Å². The second-order valence-corrected chi connectivity index (χ2v) is 8.05. The number of rotatable bonds is 4. The van der Waals surface area contributed by atoms with Crippen LogP contribution in [-0.2, 0) is 14.8 Å².